The molecule has 1 amide bonds. The fraction of sp³-hybridized carbons (Fsp3) is 0.529. The van der Waals surface area contributed by atoms with Gasteiger partial charge in [-0.1, -0.05) is 25.5 Å². The summed E-state index contributed by atoms with van der Waals surface area (Å²) in [5.74, 6) is 0.824. The average molecular weight is 285 g/mol. The lowest BCUT2D eigenvalue weighted by Crippen LogP contribution is -2.23. The molecule has 0 aliphatic carbocycles. The third-order valence-corrected chi connectivity index (χ3v) is 4.15. The molecule has 0 radical (unpaired) electrons. The number of rotatable bonds is 6. The van der Waals surface area contributed by atoms with Crippen molar-refractivity contribution in [3.8, 4) is 6.07 Å². The molecule has 1 heterocycles. The lowest BCUT2D eigenvalue weighted by atomic mass is 10.1. The molecule has 112 valence electrons. The highest BCUT2D eigenvalue weighted by Crippen LogP contribution is 2.19. The number of amides is 1. The zero-order valence-electron chi connectivity index (χ0n) is 12.6. The fourth-order valence-corrected chi connectivity index (χ4v) is 2.81. The van der Waals surface area contributed by atoms with Crippen LogP contribution in [0, 0.1) is 17.2 Å². The number of anilines is 1. The van der Waals surface area contributed by atoms with Crippen molar-refractivity contribution in [2.75, 3.05) is 25.0 Å². The van der Waals surface area contributed by atoms with Crippen molar-refractivity contribution in [1.29, 1.82) is 5.26 Å². The largest absolute Gasteiger partial charge is 0.325 e. The van der Waals surface area contributed by atoms with E-state index in [2.05, 4.69) is 23.2 Å². The van der Waals surface area contributed by atoms with Gasteiger partial charge in [-0.15, -0.1) is 0 Å². The van der Waals surface area contributed by atoms with E-state index in [-0.39, 0.29) is 5.91 Å². The van der Waals surface area contributed by atoms with Crippen LogP contribution in [0.2, 0.25) is 0 Å². The Bertz CT molecular complexity index is 521. The summed E-state index contributed by atoms with van der Waals surface area (Å²) in [5.41, 5.74) is 1.12. The normalized spacial score (nSPS) is 18.4. The summed E-state index contributed by atoms with van der Waals surface area (Å²) in [6.45, 7) is 5.57. The van der Waals surface area contributed by atoms with Gasteiger partial charge in [-0.2, -0.15) is 5.26 Å². The highest BCUT2D eigenvalue weighted by Gasteiger charge is 2.20. The van der Waals surface area contributed by atoms with Crippen LogP contribution >= 0.6 is 0 Å². The maximum Gasteiger partial charge on any atom is 0.224 e. The van der Waals surface area contributed by atoms with Crippen molar-refractivity contribution < 1.29 is 4.79 Å². The molecule has 1 aromatic rings. The molecule has 1 fully saturated rings. The summed E-state index contributed by atoms with van der Waals surface area (Å²) in [7, 11) is 0. The summed E-state index contributed by atoms with van der Waals surface area (Å²) < 4.78 is 0. The quantitative estimate of drug-likeness (QED) is 0.874. The molecule has 1 aromatic carbocycles. The van der Waals surface area contributed by atoms with Gasteiger partial charge >= 0.3 is 0 Å². The number of hydrogen-bond donors (Lipinski definition) is 1. The van der Waals surface area contributed by atoms with Crippen LogP contribution in [0.25, 0.3) is 0 Å². The third kappa shape index (κ3) is 4.57. The molecule has 1 N–H and O–H groups in total. The second-order valence-corrected chi connectivity index (χ2v) is 5.67. The second kappa shape index (κ2) is 7.80. The first-order valence-corrected chi connectivity index (χ1v) is 7.74. The predicted octanol–water partition coefficient (Wildman–Crippen LogP) is 3.01. The van der Waals surface area contributed by atoms with Crippen molar-refractivity contribution in [2.45, 2.75) is 32.6 Å². The van der Waals surface area contributed by atoms with Crippen LogP contribution in [0.1, 0.15) is 38.2 Å². The van der Waals surface area contributed by atoms with Crippen LogP contribution in [0.5, 0.6) is 0 Å². The molecule has 1 aliphatic heterocycles. The van der Waals surface area contributed by atoms with Gasteiger partial charge in [0.05, 0.1) is 11.3 Å². The monoisotopic (exact) mass is 285 g/mol. The number of benzene rings is 1. The van der Waals surface area contributed by atoms with E-state index in [1.54, 1.807) is 18.2 Å². The van der Waals surface area contributed by atoms with E-state index >= 15 is 0 Å². The Morgan fingerprint density at radius 3 is 3.00 bits per heavy atom. The number of likely N-dealkylation sites (tertiary alicyclic amines) is 1. The molecule has 1 aliphatic rings. The number of nitrogens with zero attached hydrogens (tertiary/aromatic N) is 2. The Kier molecular flexibility index (Phi) is 5.77. The van der Waals surface area contributed by atoms with Gasteiger partial charge in [-0.05, 0) is 44.0 Å². The van der Waals surface area contributed by atoms with E-state index in [1.807, 2.05) is 6.07 Å². The van der Waals surface area contributed by atoms with Crippen molar-refractivity contribution in [1.82, 2.24) is 4.90 Å². The number of nitrogens with one attached hydrogen (secondary N) is 1. The van der Waals surface area contributed by atoms with Crippen LogP contribution in [0.15, 0.2) is 24.3 Å². The zero-order valence-corrected chi connectivity index (χ0v) is 12.6. The zero-order chi connectivity index (χ0) is 15.1. The molecule has 21 heavy (non-hydrogen) atoms. The second-order valence-electron chi connectivity index (χ2n) is 5.67. The minimum atomic E-state index is -0.0102. The number of carbonyl (C=O) groups is 1. The van der Waals surface area contributed by atoms with E-state index in [4.69, 9.17) is 5.26 Å². The number of para-hydroxylation sites is 1. The SMILES string of the molecule is CCC1CCN(CCCC(=O)Nc2ccccc2C#N)C1. The first kappa shape index (κ1) is 15.5. The Hall–Kier alpha value is -1.86. The molecule has 1 unspecified atom stereocenters. The molecule has 2 rings (SSSR count). The van der Waals surface area contributed by atoms with Gasteiger partial charge in [0.25, 0.3) is 0 Å². The van der Waals surface area contributed by atoms with Gasteiger partial charge < -0.3 is 10.2 Å². The molecule has 0 saturated carbocycles. The standard InChI is InChI=1S/C17H23N3O/c1-2-14-9-11-20(13-14)10-5-8-17(21)19-16-7-4-3-6-15(16)12-18/h3-4,6-7,14H,2,5,8-11,13H2,1H3,(H,19,21). The molecular formula is C17H23N3O. The average Bonchev–Trinajstić information content (AvgIpc) is 2.96. The van der Waals surface area contributed by atoms with Crippen molar-refractivity contribution in [2.24, 2.45) is 5.92 Å². The van der Waals surface area contributed by atoms with Gasteiger partial charge in [0.2, 0.25) is 5.91 Å². The summed E-state index contributed by atoms with van der Waals surface area (Å²) >= 11 is 0. The number of nitriles is 1. The van der Waals surface area contributed by atoms with Crippen molar-refractivity contribution in [3.05, 3.63) is 29.8 Å². The minimum absolute atomic E-state index is 0.0102. The topological polar surface area (TPSA) is 56.1 Å². The smallest absolute Gasteiger partial charge is 0.224 e. The van der Waals surface area contributed by atoms with Gasteiger partial charge in [-0.25, -0.2) is 0 Å². The molecule has 1 saturated heterocycles. The van der Waals surface area contributed by atoms with Crippen LogP contribution < -0.4 is 5.32 Å². The first-order valence-electron chi connectivity index (χ1n) is 7.74. The van der Waals surface area contributed by atoms with Gasteiger partial charge in [-0.3, -0.25) is 4.79 Å². The summed E-state index contributed by atoms with van der Waals surface area (Å²) in [5, 5.41) is 11.8. The molecular weight excluding hydrogens is 262 g/mol. The van der Waals surface area contributed by atoms with Gasteiger partial charge in [0, 0.05) is 13.0 Å². The van der Waals surface area contributed by atoms with E-state index in [9.17, 15) is 4.79 Å². The molecule has 0 aromatic heterocycles. The number of hydrogen-bond acceptors (Lipinski definition) is 3. The van der Waals surface area contributed by atoms with E-state index in [0.717, 1.165) is 25.4 Å². The minimum Gasteiger partial charge on any atom is -0.325 e. The maximum atomic E-state index is 11.9. The summed E-state index contributed by atoms with van der Waals surface area (Å²) in [4.78, 5) is 14.4. The first-order chi connectivity index (χ1) is 10.2. The lowest BCUT2D eigenvalue weighted by molar-refractivity contribution is -0.116. The number of carbonyl (C=O) groups excluding carboxylic acids is 1. The van der Waals surface area contributed by atoms with Crippen LogP contribution in [0.3, 0.4) is 0 Å². The molecule has 0 spiro atoms. The Labute approximate surface area is 126 Å². The van der Waals surface area contributed by atoms with E-state index < -0.39 is 0 Å². The molecule has 0 bridgehead atoms. The van der Waals surface area contributed by atoms with Gasteiger partial charge in [0.1, 0.15) is 6.07 Å². The van der Waals surface area contributed by atoms with E-state index in [0.29, 0.717) is 17.7 Å². The van der Waals surface area contributed by atoms with Gasteiger partial charge in [0.15, 0.2) is 0 Å². The van der Waals surface area contributed by atoms with E-state index in [1.165, 1.54) is 19.4 Å². The molecule has 4 nitrogen and oxygen atoms in total. The predicted molar refractivity (Wildman–Crippen MR) is 83.9 cm³/mol. The summed E-state index contributed by atoms with van der Waals surface area (Å²) in [6.07, 6.45) is 3.92. The van der Waals surface area contributed by atoms with Crippen LogP contribution in [-0.4, -0.2) is 30.4 Å². The Morgan fingerprint density at radius 2 is 2.29 bits per heavy atom. The highest BCUT2D eigenvalue weighted by atomic mass is 16.1. The van der Waals surface area contributed by atoms with Crippen molar-refractivity contribution >= 4 is 11.6 Å². The lowest BCUT2D eigenvalue weighted by Gasteiger charge is -2.15. The molecule has 1 atom stereocenters. The van der Waals surface area contributed by atoms with Crippen molar-refractivity contribution in [3.63, 3.8) is 0 Å². The molecule has 4 heteroatoms. The summed E-state index contributed by atoms with van der Waals surface area (Å²) in [6, 6.07) is 9.19. The van der Waals surface area contributed by atoms with Crippen LogP contribution in [0.4, 0.5) is 5.69 Å². The Balaban J connectivity index is 1.72. The third-order valence-electron chi connectivity index (χ3n) is 4.15. The Morgan fingerprint density at radius 1 is 1.48 bits per heavy atom. The maximum absolute atomic E-state index is 11.9. The highest BCUT2D eigenvalue weighted by molar-refractivity contribution is 5.92. The fourth-order valence-electron chi connectivity index (χ4n) is 2.81. The van der Waals surface area contributed by atoms with Crippen LogP contribution in [-0.2, 0) is 4.79 Å².